The molecule has 0 radical (unpaired) electrons. The van der Waals surface area contributed by atoms with E-state index in [4.69, 9.17) is 5.73 Å². The van der Waals surface area contributed by atoms with E-state index in [0.717, 1.165) is 5.56 Å². The molecule has 0 fully saturated rings. The largest absolute Gasteiger partial charge is 0.392 e. The van der Waals surface area contributed by atoms with E-state index in [9.17, 15) is 14.3 Å². The van der Waals surface area contributed by atoms with Gasteiger partial charge in [-0.3, -0.25) is 9.78 Å². The second-order valence-corrected chi connectivity index (χ2v) is 6.19. The number of carbonyl (C=O) groups is 1. The van der Waals surface area contributed by atoms with Crippen LogP contribution in [0.5, 0.6) is 0 Å². The van der Waals surface area contributed by atoms with Crippen LogP contribution in [-0.4, -0.2) is 29.6 Å². The molecule has 1 atom stereocenters. The Balaban J connectivity index is 2.13. The molecule has 0 spiro atoms. The summed E-state index contributed by atoms with van der Waals surface area (Å²) in [6.07, 6.45) is 1.51. The van der Waals surface area contributed by atoms with Crippen LogP contribution in [0.25, 0.3) is 10.9 Å². The van der Waals surface area contributed by atoms with Crippen LogP contribution in [0, 0.1) is 5.82 Å². The molecule has 27 heavy (non-hydrogen) atoms. The molecule has 5 N–H and O–H groups in total. The number of aromatic nitrogens is 1. The minimum Gasteiger partial charge on any atom is -0.392 e. The average Bonchev–Trinajstić information content (AvgIpc) is 2.67. The number of amides is 1. The zero-order valence-electron chi connectivity index (χ0n) is 14.9. The number of fused-ring (bicyclic) bond motifs is 1. The monoisotopic (exact) mass is 368 g/mol. The van der Waals surface area contributed by atoms with Crippen LogP contribution in [0.2, 0.25) is 0 Å². The Bertz CT molecular complexity index is 977. The van der Waals surface area contributed by atoms with Crippen LogP contribution >= 0.6 is 0 Å². The smallest absolute Gasteiger partial charge is 0.250 e. The quantitative estimate of drug-likeness (QED) is 0.513. The maximum atomic E-state index is 13.7. The molecule has 0 bridgehead atoms. The third-order valence-electron chi connectivity index (χ3n) is 4.39. The summed E-state index contributed by atoms with van der Waals surface area (Å²) >= 11 is 0. The standard InChI is InChI=1S/C20H21FN4O2/c1-23-10-17(12-4-2-5-14(21)8-12)25-18-13(11-26)9-24-19-15(18)6-3-7-16(19)20(22)27/h2-9,17,23,26H,10-11H2,1H3,(H2,22,27)(H,24,25)/t17-/m1/s1. The molecule has 2 aromatic carbocycles. The number of anilines is 1. The van der Waals surface area contributed by atoms with Gasteiger partial charge in [-0.1, -0.05) is 24.3 Å². The van der Waals surface area contributed by atoms with Gasteiger partial charge in [0.05, 0.1) is 29.4 Å². The Labute approximate surface area is 156 Å². The Kier molecular flexibility index (Phi) is 5.63. The van der Waals surface area contributed by atoms with Crippen LogP contribution in [0.15, 0.2) is 48.7 Å². The van der Waals surface area contributed by atoms with Crippen molar-refractivity contribution < 1.29 is 14.3 Å². The van der Waals surface area contributed by atoms with Gasteiger partial charge in [0.25, 0.3) is 5.91 Å². The fourth-order valence-electron chi connectivity index (χ4n) is 3.11. The van der Waals surface area contributed by atoms with E-state index in [1.54, 1.807) is 31.3 Å². The van der Waals surface area contributed by atoms with Crippen molar-refractivity contribution in [2.24, 2.45) is 5.73 Å². The number of hydrogen-bond acceptors (Lipinski definition) is 5. The van der Waals surface area contributed by atoms with Crippen molar-refractivity contribution in [1.29, 1.82) is 0 Å². The molecule has 0 aliphatic rings. The van der Waals surface area contributed by atoms with Gasteiger partial charge in [0.1, 0.15) is 5.82 Å². The molecule has 1 amide bonds. The molecule has 0 aliphatic carbocycles. The summed E-state index contributed by atoms with van der Waals surface area (Å²) in [4.78, 5) is 16.0. The summed E-state index contributed by atoms with van der Waals surface area (Å²) in [6.45, 7) is 0.287. The lowest BCUT2D eigenvalue weighted by molar-refractivity contribution is 0.100. The number of nitrogens with two attached hydrogens (primary N) is 1. The van der Waals surface area contributed by atoms with E-state index in [2.05, 4.69) is 15.6 Å². The highest BCUT2D eigenvalue weighted by Gasteiger charge is 2.18. The number of para-hydroxylation sites is 1. The highest BCUT2D eigenvalue weighted by atomic mass is 19.1. The van der Waals surface area contributed by atoms with E-state index in [0.29, 0.717) is 34.3 Å². The minimum absolute atomic E-state index is 0.235. The lowest BCUT2D eigenvalue weighted by Gasteiger charge is -2.23. The zero-order valence-corrected chi connectivity index (χ0v) is 14.9. The van der Waals surface area contributed by atoms with Crippen molar-refractivity contribution in [2.45, 2.75) is 12.6 Å². The molecule has 7 heteroatoms. The number of pyridine rings is 1. The second kappa shape index (κ2) is 8.11. The lowest BCUT2D eigenvalue weighted by atomic mass is 10.0. The molecule has 0 saturated heterocycles. The minimum atomic E-state index is -0.576. The van der Waals surface area contributed by atoms with Gasteiger partial charge in [-0.15, -0.1) is 0 Å². The van der Waals surface area contributed by atoms with Gasteiger partial charge in [0.15, 0.2) is 0 Å². The number of rotatable bonds is 7. The van der Waals surface area contributed by atoms with Crippen molar-refractivity contribution >= 4 is 22.5 Å². The normalized spacial score (nSPS) is 12.1. The van der Waals surface area contributed by atoms with Crippen molar-refractivity contribution in [3.63, 3.8) is 0 Å². The first kappa shape index (κ1) is 18.8. The van der Waals surface area contributed by atoms with Crippen molar-refractivity contribution in [3.8, 4) is 0 Å². The van der Waals surface area contributed by atoms with Crippen LogP contribution < -0.4 is 16.4 Å². The van der Waals surface area contributed by atoms with Crippen molar-refractivity contribution in [2.75, 3.05) is 18.9 Å². The molecule has 140 valence electrons. The van der Waals surface area contributed by atoms with Crippen LogP contribution in [-0.2, 0) is 6.61 Å². The summed E-state index contributed by atoms with van der Waals surface area (Å²) in [5.74, 6) is -0.902. The highest BCUT2D eigenvalue weighted by Crippen LogP contribution is 2.31. The van der Waals surface area contributed by atoms with E-state index in [1.807, 2.05) is 6.07 Å². The highest BCUT2D eigenvalue weighted by molar-refractivity contribution is 6.08. The Morgan fingerprint density at radius 1 is 1.30 bits per heavy atom. The first-order chi connectivity index (χ1) is 13.0. The number of primary amides is 1. The van der Waals surface area contributed by atoms with Crippen molar-refractivity contribution in [3.05, 3.63) is 71.2 Å². The number of nitrogens with one attached hydrogen (secondary N) is 2. The number of carbonyl (C=O) groups excluding carboxylic acids is 1. The predicted octanol–water partition coefficient (Wildman–Crippen LogP) is 2.34. The second-order valence-electron chi connectivity index (χ2n) is 6.19. The molecule has 1 aromatic heterocycles. The molecule has 3 rings (SSSR count). The molecule has 6 nitrogen and oxygen atoms in total. The van der Waals surface area contributed by atoms with E-state index < -0.39 is 5.91 Å². The number of likely N-dealkylation sites (N-methyl/N-ethyl adjacent to an activating group) is 1. The maximum Gasteiger partial charge on any atom is 0.250 e. The third kappa shape index (κ3) is 3.89. The van der Waals surface area contributed by atoms with Crippen LogP contribution in [0.3, 0.4) is 0 Å². The number of aliphatic hydroxyl groups is 1. The molecule has 0 saturated carbocycles. The fraction of sp³-hybridized carbons (Fsp3) is 0.200. The van der Waals surface area contributed by atoms with Crippen molar-refractivity contribution in [1.82, 2.24) is 10.3 Å². The van der Waals surface area contributed by atoms with E-state index >= 15 is 0 Å². The zero-order chi connectivity index (χ0) is 19.4. The summed E-state index contributed by atoms with van der Waals surface area (Å²) < 4.78 is 13.7. The molecule has 0 aliphatic heterocycles. The Hall–Kier alpha value is -3.03. The Morgan fingerprint density at radius 3 is 2.74 bits per heavy atom. The van der Waals surface area contributed by atoms with Crippen LogP contribution in [0.4, 0.5) is 10.1 Å². The van der Waals surface area contributed by atoms with Gasteiger partial charge in [0, 0.05) is 23.7 Å². The number of hydrogen-bond donors (Lipinski definition) is 4. The first-order valence-corrected chi connectivity index (χ1v) is 8.53. The average molecular weight is 368 g/mol. The van der Waals surface area contributed by atoms with Gasteiger partial charge in [0.2, 0.25) is 0 Å². The SMILES string of the molecule is CNC[C@@H](Nc1c(CO)cnc2c(C(N)=O)cccc12)c1cccc(F)c1. The lowest BCUT2D eigenvalue weighted by Crippen LogP contribution is -2.24. The third-order valence-corrected chi connectivity index (χ3v) is 4.39. The van der Waals surface area contributed by atoms with Gasteiger partial charge in [-0.2, -0.15) is 0 Å². The van der Waals surface area contributed by atoms with Gasteiger partial charge >= 0.3 is 0 Å². The van der Waals surface area contributed by atoms with E-state index in [-0.39, 0.29) is 18.5 Å². The summed E-state index contributed by atoms with van der Waals surface area (Å²) in [5, 5.41) is 16.9. The van der Waals surface area contributed by atoms with Crippen LogP contribution in [0.1, 0.15) is 27.5 Å². The molecular weight excluding hydrogens is 347 g/mol. The molecular formula is C20H21FN4O2. The number of nitrogens with zero attached hydrogens (tertiary/aromatic N) is 1. The molecule has 0 unspecified atom stereocenters. The van der Waals surface area contributed by atoms with Gasteiger partial charge < -0.3 is 21.5 Å². The number of benzene rings is 2. The molecule has 3 aromatic rings. The van der Waals surface area contributed by atoms with E-state index in [1.165, 1.54) is 18.3 Å². The topological polar surface area (TPSA) is 100 Å². The first-order valence-electron chi connectivity index (χ1n) is 8.53. The van der Waals surface area contributed by atoms with Gasteiger partial charge in [-0.05, 0) is 30.8 Å². The van der Waals surface area contributed by atoms with Gasteiger partial charge in [-0.25, -0.2) is 4.39 Å². The predicted molar refractivity (Wildman–Crippen MR) is 103 cm³/mol. The fourth-order valence-corrected chi connectivity index (χ4v) is 3.11. The number of halogens is 1. The summed E-state index contributed by atoms with van der Waals surface area (Å²) in [6, 6.07) is 11.2. The Morgan fingerprint density at radius 2 is 2.07 bits per heavy atom. The maximum absolute atomic E-state index is 13.7. The summed E-state index contributed by atoms with van der Waals surface area (Å²) in [7, 11) is 1.80. The number of aliphatic hydroxyl groups excluding tert-OH is 1. The molecule has 1 heterocycles. The summed E-state index contributed by atoms with van der Waals surface area (Å²) in [5.41, 5.74) is 8.17.